The van der Waals surface area contributed by atoms with Crippen molar-refractivity contribution in [2.75, 3.05) is 39.9 Å². The molecule has 1 aromatic heterocycles. The van der Waals surface area contributed by atoms with E-state index < -0.39 is 0 Å². The van der Waals surface area contributed by atoms with E-state index in [0.29, 0.717) is 37.7 Å². The van der Waals surface area contributed by atoms with Gasteiger partial charge >= 0.3 is 6.03 Å². The average molecular weight is 474 g/mol. The molecule has 1 aromatic carbocycles. The third-order valence-electron chi connectivity index (χ3n) is 5.61. The van der Waals surface area contributed by atoms with Gasteiger partial charge in [0.15, 0.2) is 11.5 Å². The minimum absolute atomic E-state index is 0.0539. The summed E-state index contributed by atoms with van der Waals surface area (Å²) in [5.74, 6) is 1.51. The summed E-state index contributed by atoms with van der Waals surface area (Å²) < 4.78 is 11.5. The van der Waals surface area contributed by atoms with E-state index in [1.54, 1.807) is 23.3 Å². The van der Waals surface area contributed by atoms with Gasteiger partial charge in [0.25, 0.3) is 0 Å². The van der Waals surface area contributed by atoms with Gasteiger partial charge < -0.3 is 24.6 Å². The molecule has 1 aliphatic rings. The molecule has 3 amide bonds. The number of carbonyl (C=O) groups excluding carboxylic acids is 2. The predicted molar refractivity (Wildman–Crippen MR) is 131 cm³/mol. The van der Waals surface area contributed by atoms with E-state index in [1.807, 2.05) is 49.9 Å². The third-order valence-corrected chi connectivity index (χ3v) is 6.60. The van der Waals surface area contributed by atoms with Gasteiger partial charge in [0.05, 0.1) is 13.2 Å². The lowest BCUT2D eigenvalue weighted by Crippen LogP contribution is -2.50. The lowest BCUT2D eigenvalue weighted by molar-refractivity contribution is -0.135. The van der Waals surface area contributed by atoms with Crippen molar-refractivity contribution >= 4 is 23.3 Å². The molecule has 1 aliphatic heterocycles. The Balaban J connectivity index is 1.77. The van der Waals surface area contributed by atoms with Crippen molar-refractivity contribution in [3.8, 4) is 11.5 Å². The zero-order chi connectivity index (χ0) is 23.8. The average Bonchev–Trinajstić information content (AvgIpc) is 3.29. The molecule has 0 radical (unpaired) electrons. The standard InChI is InChI=1S/C25H35N3O4S/c1-5-12-26-25(30)27(15-18(2)3)16-24(29)28-13-10-23-19(11-14-33-23)20(28)17-32-22-9-7-6-8-21(22)31-4/h6-9,11,14,18,20H,5,10,12-13,15-17H2,1-4H3,(H,26,30)/t20-/m1/s1. The summed E-state index contributed by atoms with van der Waals surface area (Å²) in [6.45, 7) is 8.22. The number of rotatable bonds is 10. The van der Waals surface area contributed by atoms with Crippen LogP contribution in [0.3, 0.4) is 0 Å². The van der Waals surface area contributed by atoms with Crippen LogP contribution in [-0.4, -0.2) is 61.6 Å². The molecule has 0 fully saturated rings. The number of methoxy groups -OCH3 is 1. The number of fused-ring (bicyclic) bond motifs is 1. The second kappa shape index (κ2) is 11.9. The Bertz CT molecular complexity index is 930. The molecule has 0 saturated carbocycles. The van der Waals surface area contributed by atoms with Crippen LogP contribution in [0.15, 0.2) is 35.7 Å². The molecule has 7 nitrogen and oxygen atoms in total. The Hall–Kier alpha value is -2.74. The van der Waals surface area contributed by atoms with Crippen molar-refractivity contribution in [3.63, 3.8) is 0 Å². The Morgan fingerprint density at radius 2 is 2.00 bits per heavy atom. The summed E-state index contributed by atoms with van der Waals surface area (Å²) in [7, 11) is 1.61. The number of amides is 3. The number of ether oxygens (including phenoxy) is 2. The van der Waals surface area contributed by atoms with Crippen LogP contribution < -0.4 is 14.8 Å². The highest BCUT2D eigenvalue weighted by Gasteiger charge is 2.33. The molecule has 0 spiro atoms. The van der Waals surface area contributed by atoms with Gasteiger partial charge in [0.1, 0.15) is 13.2 Å². The minimum Gasteiger partial charge on any atom is -0.493 e. The summed E-state index contributed by atoms with van der Waals surface area (Å²) in [5, 5.41) is 4.97. The smallest absolute Gasteiger partial charge is 0.317 e. The molecule has 180 valence electrons. The number of hydrogen-bond acceptors (Lipinski definition) is 5. The van der Waals surface area contributed by atoms with Crippen LogP contribution in [0, 0.1) is 5.92 Å². The summed E-state index contributed by atoms with van der Waals surface area (Å²) in [6.07, 6.45) is 1.67. The lowest BCUT2D eigenvalue weighted by atomic mass is 10.0. The molecule has 3 rings (SSSR count). The number of urea groups is 1. The van der Waals surface area contributed by atoms with Gasteiger partial charge in [0.2, 0.25) is 5.91 Å². The van der Waals surface area contributed by atoms with Crippen LogP contribution in [0.25, 0.3) is 0 Å². The fraction of sp³-hybridized carbons (Fsp3) is 0.520. The summed E-state index contributed by atoms with van der Waals surface area (Å²) >= 11 is 1.72. The monoisotopic (exact) mass is 473 g/mol. The van der Waals surface area contributed by atoms with Gasteiger partial charge in [0, 0.05) is 24.5 Å². The first-order chi connectivity index (χ1) is 15.9. The van der Waals surface area contributed by atoms with E-state index in [0.717, 1.165) is 18.4 Å². The van der Waals surface area contributed by atoms with Gasteiger partial charge in [-0.05, 0) is 47.9 Å². The number of benzene rings is 1. The van der Waals surface area contributed by atoms with Gasteiger partial charge in [-0.3, -0.25) is 4.79 Å². The maximum absolute atomic E-state index is 13.5. The molecule has 0 unspecified atom stereocenters. The molecular formula is C25H35N3O4S. The number of hydrogen-bond donors (Lipinski definition) is 1. The second-order valence-corrected chi connectivity index (χ2v) is 9.62. The zero-order valence-corrected chi connectivity index (χ0v) is 20.8. The second-order valence-electron chi connectivity index (χ2n) is 8.62. The van der Waals surface area contributed by atoms with E-state index in [1.165, 1.54) is 4.88 Å². The van der Waals surface area contributed by atoms with Crippen LogP contribution >= 0.6 is 11.3 Å². The molecule has 1 atom stereocenters. The highest BCUT2D eigenvalue weighted by atomic mass is 32.1. The Labute approximate surface area is 200 Å². The topological polar surface area (TPSA) is 71.1 Å². The molecule has 0 aliphatic carbocycles. The van der Waals surface area contributed by atoms with Crippen molar-refractivity contribution in [1.82, 2.24) is 15.1 Å². The molecule has 0 saturated heterocycles. The third kappa shape index (κ3) is 6.41. The summed E-state index contributed by atoms with van der Waals surface area (Å²) in [6, 6.07) is 9.20. The first-order valence-corrected chi connectivity index (χ1v) is 12.5. The van der Waals surface area contributed by atoms with Crippen molar-refractivity contribution in [2.24, 2.45) is 5.92 Å². The molecule has 33 heavy (non-hydrogen) atoms. The summed E-state index contributed by atoms with van der Waals surface area (Å²) in [4.78, 5) is 30.9. The first kappa shape index (κ1) is 24.9. The van der Waals surface area contributed by atoms with Crippen LogP contribution in [0.5, 0.6) is 11.5 Å². The lowest BCUT2D eigenvalue weighted by Gasteiger charge is -2.37. The van der Waals surface area contributed by atoms with E-state index in [-0.39, 0.29) is 30.4 Å². The number of nitrogens with zero attached hydrogens (tertiary/aromatic N) is 2. The Kier molecular flexibility index (Phi) is 9.00. The molecule has 1 N–H and O–H groups in total. The van der Waals surface area contributed by atoms with E-state index in [4.69, 9.17) is 9.47 Å². The van der Waals surface area contributed by atoms with Crippen LogP contribution in [0.2, 0.25) is 0 Å². The van der Waals surface area contributed by atoms with Crippen LogP contribution in [-0.2, 0) is 11.2 Å². The van der Waals surface area contributed by atoms with Gasteiger partial charge in [-0.2, -0.15) is 0 Å². The molecule has 8 heteroatoms. The van der Waals surface area contributed by atoms with Crippen molar-refractivity contribution in [2.45, 2.75) is 39.7 Å². The van der Waals surface area contributed by atoms with Crippen molar-refractivity contribution < 1.29 is 19.1 Å². The minimum atomic E-state index is -0.211. The fourth-order valence-electron chi connectivity index (χ4n) is 4.04. The SMILES string of the molecule is CCCNC(=O)N(CC(=O)N1CCc2sccc2[C@H]1COc1ccccc1OC)CC(C)C. The first-order valence-electron chi connectivity index (χ1n) is 11.6. The van der Waals surface area contributed by atoms with E-state index in [2.05, 4.69) is 16.8 Å². The molecular weight excluding hydrogens is 438 g/mol. The maximum Gasteiger partial charge on any atom is 0.317 e. The van der Waals surface area contributed by atoms with E-state index in [9.17, 15) is 9.59 Å². The van der Waals surface area contributed by atoms with Crippen LogP contribution in [0.1, 0.15) is 43.7 Å². The van der Waals surface area contributed by atoms with Crippen LogP contribution in [0.4, 0.5) is 4.79 Å². The maximum atomic E-state index is 13.5. The number of nitrogens with one attached hydrogen (secondary N) is 1. The quantitative estimate of drug-likeness (QED) is 0.557. The molecule has 0 bridgehead atoms. The van der Waals surface area contributed by atoms with E-state index >= 15 is 0 Å². The fourth-order valence-corrected chi connectivity index (χ4v) is 4.97. The summed E-state index contributed by atoms with van der Waals surface area (Å²) in [5.41, 5.74) is 1.13. The number of thiophene rings is 1. The Morgan fingerprint density at radius 1 is 1.24 bits per heavy atom. The van der Waals surface area contributed by atoms with Crippen molar-refractivity contribution in [3.05, 3.63) is 46.2 Å². The van der Waals surface area contributed by atoms with Gasteiger partial charge in [-0.1, -0.05) is 32.9 Å². The zero-order valence-electron chi connectivity index (χ0n) is 20.0. The largest absolute Gasteiger partial charge is 0.493 e. The van der Waals surface area contributed by atoms with Gasteiger partial charge in [-0.25, -0.2) is 4.79 Å². The normalized spacial score (nSPS) is 15.2. The van der Waals surface area contributed by atoms with Crippen molar-refractivity contribution in [1.29, 1.82) is 0 Å². The predicted octanol–water partition coefficient (Wildman–Crippen LogP) is 4.34. The Morgan fingerprint density at radius 3 is 2.70 bits per heavy atom. The molecule has 2 aromatic rings. The number of para-hydroxylation sites is 2. The number of carbonyl (C=O) groups is 2. The van der Waals surface area contributed by atoms with Gasteiger partial charge in [-0.15, -0.1) is 11.3 Å². The molecule has 2 heterocycles. The highest BCUT2D eigenvalue weighted by Crippen LogP contribution is 2.35. The highest BCUT2D eigenvalue weighted by molar-refractivity contribution is 7.10.